The number of rotatable bonds is 45. The summed E-state index contributed by atoms with van der Waals surface area (Å²) in [6.45, 7) is 6.33. The molecule has 0 rings (SSSR count). The Morgan fingerprint density at radius 2 is 0.645 bits per heavy atom. The molecule has 354 valence electrons. The molecule has 0 amide bonds. The molecule has 0 radical (unpaired) electrons. The minimum atomic E-state index is -0.798. The van der Waals surface area contributed by atoms with E-state index in [1.807, 2.05) is 0 Å². The fourth-order valence-corrected chi connectivity index (χ4v) is 6.91. The van der Waals surface area contributed by atoms with Crippen LogP contribution in [0.5, 0.6) is 0 Å². The van der Waals surface area contributed by atoms with Crippen molar-refractivity contribution in [3.05, 3.63) is 85.1 Å². The number of carbonyl (C=O) groups excluding carboxylic acids is 3. The van der Waals surface area contributed by atoms with Gasteiger partial charge in [-0.05, 0) is 83.5 Å². The zero-order valence-electron chi connectivity index (χ0n) is 40.4. The van der Waals surface area contributed by atoms with Crippen LogP contribution < -0.4 is 0 Å². The van der Waals surface area contributed by atoms with Gasteiger partial charge in [-0.15, -0.1) is 0 Å². The molecule has 62 heavy (non-hydrogen) atoms. The maximum Gasteiger partial charge on any atom is 0.306 e. The van der Waals surface area contributed by atoms with Crippen molar-refractivity contribution in [2.24, 2.45) is 0 Å². The Bertz CT molecular complexity index is 1220. The van der Waals surface area contributed by atoms with Crippen molar-refractivity contribution in [2.75, 3.05) is 13.2 Å². The molecule has 6 nitrogen and oxygen atoms in total. The maximum atomic E-state index is 12.8. The second-order valence-corrected chi connectivity index (χ2v) is 16.8. The summed E-state index contributed by atoms with van der Waals surface area (Å²) in [5, 5.41) is 0. The third kappa shape index (κ3) is 47.6. The SMILES string of the molecule is CC/C=C/C=C/C=C/CCCCCCCC(=O)OCC(COC(=O)CCCCCCC/C=C/CCCCCCCCCCC)OC(=O)CCCCCCC/C=C/C=C/C=C/CC. The average molecular weight is 863 g/mol. The highest BCUT2D eigenvalue weighted by Gasteiger charge is 2.19. The van der Waals surface area contributed by atoms with Crippen molar-refractivity contribution in [3.8, 4) is 0 Å². The molecule has 0 bridgehead atoms. The van der Waals surface area contributed by atoms with Crippen molar-refractivity contribution >= 4 is 17.9 Å². The monoisotopic (exact) mass is 863 g/mol. The summed E-state index contributed by atoms with van der Waals surface area (Å²) in [6, 6.07) is 0. The number of unbranched alkanes of at least 4 members (excludes halogenated alkanes) is 24. The van der Waals surface area contributed by atoms with Crippen LogP contribution in [0.15, 0.2) is 85.1 Å². The number of carbonyl (C=O) groups is 3. The Morgan fingerprint density at radius 1 is 0.339 bits per heavy atom. The van der Waals surface area contributed by atoms with Crippen LogP contribution in [0.1, 0.15) is 233 Å². The first-order valence-electron chi connectivity index (χ1n) is 25.7. The molecule has 0 aliphatic rings. The Labute approximate surface area is 382 Å². The van der Waals surface area contributed by atoms with Gasteiger partial charge in [0.1, 0.15) is 13.2 Å². The van der Waals surface area contributed by atoms with Crippen LogP contribution in [0.2, 0.25) is 0 Å². The van der Waals surface area contributed by atoms with Gasteiger partial charge in [-0.25, -0.2) is 0 Å². The van der Waals surface area contributed by atoms with E-state index in [1.54, 1.807) is 0 Å². The molecule has 0 saturated heterocycles. The van der Waals surface area contributed by atoms with Gasteiger partial charge in [-0.2, -0.15) is 0 Å². The zero-order chi connectivity index (χ0) is 45.1. The van der Waals surface area contributed by atoms with E-state index < -0.39 is 6.10 Å². The Balaban J connectivity index is 4.42. The van der Waals surface area contributed by atoms with Crippen LogP contribution >= 0.6 is 0 Å². The molecular formula is C56H94O6. The van der Waals surface area contributed by atoms with Crippen molar-refractivity contribution in [1.82, 2.24) is 0 Å². The van der Waals surface area contributed by atoms with Crippen LogP contribution in [-0.2, 0) is 28.6 Å². The lowest BCUT2D eigenvalue weighted by Crippen LogP contribution is -2.30. The summed E-state index contributed by atoms with van der Waals surface area (Å²) in [6.07, 6.45) is 64.3. The van der Waals surface area contributed by atoms with Gasteiger partial charge in [-0.1, -0.05) is 215 Å². The number of ether oxygens (including phenoxy) is 3. The highest BCUT2D eigenvalue weighted by atomic mass is 16.6. The number of hydrogen-bond donors (Lipinski definition) is 0. The van der Waals surface area contributed by atoms with E-state index in [2.05, 4.69) is 106 Å². The van der Waals surface area contributed by atoms with Gasteiger partial charge in [0, 0.05) is 19.3 Å². The highest BCUT2D eigenvalue weighted by molar-refractivity contribution is 5.71. The zero-order valence-corrected chi connectivity index (χ0v) is 40.4. The Morgan fingerprint density at radius 3 is 1.02 bits per heavy atom. The van der Waals surface area contributed by atoms with E-state index in [9.17, 15) is 14.4 Å². The van der Waals surface area contributed by atoms with E-state index >= 15 is 0 Å². The molecule has 1 atom stereocenters. The summed E-state index contributed by atoms with van der Waals surface area (Å²) in [5.41, 5.74) is 0. The average Bonchev–Trinajstić information content (AvgIpc) is 3.27. The summed E-state index contributed by atoms with van der Waals surface area (Å²) >= 11 is 0. The predicted molar refractivity (Wildman–Crippen MR) is 265 cm³/mol. The van der Waals surface area contributed by atoms with Gasteiger partial charge in [0.05, 0.1) is 0 Å². The van der Waals surface area contributed by atoms with E-state index in [4.69, 9.17) is 14.2 Å². The largest absolute Gasteiger partial charge is 0.462 e. The van der Waals surface area contributed by atoms with E-state index in [-0.39, 0.29) is 31.1 Å². The first-order chi connectivity index (χ1) is 30.5. The van der Waals surface area contributed by atoms with Gasteiger partial charge in [0.15, 0.2) is 6.10 Å². The Kier molecular flexibility index (Phi) is 47.5. The van der Waals surface area contributed by atoms with Crippen LogP contribution in [0.25, 0.3) is 0 Å². The third-order valence-electron chi connectivity index (χ3n) is 10.7. The predicted octanol–water partition coefficient (Wildman–Crippen LogP) is 16.8. The van der Waals surface area contributed by atoms with Crippen molar-refractivity contribution < 1.29 is 28.6 Å². The van der Waals surface area contributed by atoms with E-state index in [1.165, 1.54) is 77.0 Å². The molecule has 0 aromatic heterocycles. The lowest BCUT2D eigenvalue weighted by Gasteiger charge is -2.18. The molecule has 0 N–H and O–H groups in total. The summed E-state index contributed by atoms with van der Waals surface area (Å²) in [5.74, 6) is -0.948. The van der Waals surface area contributed by atoms with Crippen molar-refractivity contribution in [1.29, 1.82) is 0 Å². The highest BCUT2D eigenvalue weighted by Crippen LogP contribution is 2.14. The van der Waals surface area contributed by atoms with Crippen LogP contribution in [-0.4, -0.2) is 37.2 Å². The van der Waals surface area contributed by atoms with Gasteiger partial charge in [-0.3, -0.25) is 14.4 Å². The molecule has 0 spiro atoms. The van der Waals surface area contributed by atoms with Crippen LogP contribution in [0, 0.1) is 0 Å². The number of allylic oxidation sites excluding steroid dienone is 14. The van der Waals surface area contributed by atoms with E-state index in [0.717, 1.165) is 116 Å². The standard InChI is InChI=1S/C56H94O6/c1-4-7-10-13-16-19-22-25-26-27-28-29-32-34-37-40-43-46-49-55(58)61-52-53(62-56(59)50-47-44-41-38-35-31-24-21-18-15-12-9-6-3)51-60-54(57)48-45-42-39-36-33-30-23-20-17-14-11-8-5-2/h8-9,11-12,14-15,17-18,20-21,23-24,28-29,53H,4-7,10,13,16,19,22,25-27,30-52H2,1-3H3/b11-8+,12-9+,17-14+,18-15+,23-20+,24-21+,29-28+. The molecule has 0 saturated carbocycles. The summed E-state index contributed by atoms with van der Waals surface area (Å²) in [4.78, 5) is 37.9. The molecule has 0 heterocycles. The van der Waals surface area contributed by atoms with Crippen molar-refractivity contribution in [2.45, 2.75) is 239 Å². The summed E-state index contributed by atoms with van der Waals surface area (Å²) in [7, 11) is 0. The molecule has 0 fully saturated rings. The normalized spacial score (nSPS) is 12.8. The number of esters is 3. The fraction of sp³-hybridized carbons (Fsp3) is 0.696. The smallest absolute Gasteiger partial charge is 0.306 e. The Hall–Kier alpha value is -3.41. The topological polar surface area (TPSA) is 78.9 Å². The second-order valence-electron chi connectivity index (χ2n) is 16.8. The molecular weight excluding hydrogens is 769 g/mol. The lowest BCUT2D eigenvalue weighted by molar-refractivity contribution is -0.167. The lowest BCUT2D eigenvalue weighted by atomic mass is 10.1. The van der Waals surface area contributed by atoms with E-state index in [0.29, 0.717) is 19.3 Å². The fourth-order valence-electron chi connectivity index (χ4n) is 6.91. The third-order valence-corrected chi connectivity index (χ3v) is 10.7. The van der Waals surface area contributed by atoms with Crippen molar-refractivity contribution in [3.63, 3.8) is 0 Å². The minimum Gasteiger partial charge on any atom is -0.462 e. The molecule has 0 aliphatic heterocycles. The molecule has 6 heteroatoms. The summed E-state index contributed by atoms with van der Waals surface area (Å²) < 4.78 is 16.7. The van der Waals surface area contributed by atoms with Crippen LogP contribution in [0.4, 0.5) is 0 Å². The van der Waals surface area contributed by atoms with Crippen LogP contribution in [0.3, 0.4) is 0 Å². The number of hydrogen-bond acceptors (Lipinski definition) is 6. The molecule has 0 aliphatic carbocycles. The molecule has 0 aromatic carbocycles. The molecule has 1 unspecified atom stereocenters. The first-order valence-corrected chi connectivity index (χ1v) is 25.7. The van der Waals surface area contributed by atoms with Gasteiger partial charge in [0.25, 0.3) is 0 Å². The van der Waals surface area contributed by atoms with Gasteiger partial charge in [0.2, 0.25) is 0 Å². The van der Waals surface area contributed by atoms with Gasteiger partial charge >= 0.3 is 17.9 Å². The second kappa shape index (κ2) is 50.2. The molecule has 0 aromatic rings. The maximum absolute atomic E-state index is 12.8. The first kappa shape index (κ1) is 58.6. The minimum absolute atomic E-state index is 0.0967. The van der Waals surface area contributed by atoms with Gasteiger partial charge < -0.3 is 14.2 Å². The quantitative estimate of drug-likeness (QED) is 0.0199.